The van der Waals surface area contributed by atoms with Crippen LogP contribution in [-0.4, -0.2) is 31.2 Å². The van der Waals surface area contributed by atoms with Gasteiger partial charge in [0.05, 0.1) is 4.90 Å². The number of rotatable bonds is 4. The summed E-state index contributed by atoms with van der Waals surface area (Å²) in [5.41, 5.74) is 0.197. The predicted octanol–water partition coefficient (Wildman–Crippen LogP) is 3.78. The molecule has 2 aromatic carbocycles. The molecule has 5 nitrogen and oxygen atoms in total. The Morgan fingerprint density at radius 3 is 2.59 bits per heavy atom. The van der Waals surface area contributed by atoms with E-state index in [2.05, 4.69) is 5.32 Å². The van der Waals surface area contributed by atoms with Crippen LogP contribution in [0.15, 0.2) is 47.4 Å². The topological polar surface area (TPSA) is 66.5 Å². The molecule has 0 saturated carbocycles. The Kier molecular flexibility index (Phi) is 5.57. The molecule has 1 aliphatic heterocycles. The number of hydrogen-bond acceptors (Lipinski definition) is 3. The van der Waals surface area contributed by atoms with Crippen molar-refractivity contribution in [2.24, 2.45) is 0 Å². The van der Waals surface area contributed by atoms with Crippen LogP contribution in [0.2, 0.25) is 0 Å². The smallest absolute Gasteiger partial charge is 0.255 e. The molecule has 144 valence electrons. The molecule has 2 aromatic rings. The number of hydrogen-bond donors (Lipinski definition) is 1. The first-order chi connectivity index (χ1) is 12.8. The Labute approximate surface area is 157 Å². The van der Waals surface area contributed by atoms with E-state index >= 15 is 0 Å². The number of nitrogens with zero attached hydrogens (tertiary/aromatic N) is 1. The third kappa shape index (κ3) is 4.17. The third-order valence-electron chi connectivity index (χ3n) is 4.62. The van der Waals surface area contributed by atoms with Crippen molar-refractivity contribution < 1.29 is 22.0 Å². The van der Waals surface area contributed by atoms with Gasteiger partial charge in [0.15, 0.2) is 11.6 Å². The predicted molar refractivity (Wildman–Crippen MR) is 98.0 cm³/mol. The lowest BCUT2D eigenvalue weighted by molar-refractivity contribution is 0.102. The molecule has 1 amide bonds. The van der Waals surface area contributed by atoms with E-state index in [4.69, 9.17) is 0 Å². The van der Waals surface area contributed by atoms with Crippen LogP contribution < -0.4 is 5.32 Å². The Balaban J connectivity index is 1.84. The minimum Gasteiger partial charge on any atom is -0.322 e. The summed E-state index contributed by atoms with van der Waals surface area (Å²) in [6, 6.07) is 8.61. The zero-order valence-corrected chi connectivity index (χ0v) is 15.6. The highest BCUT2D eigenvalue weighted by molar-refractivity contribution is 7.89. The van der Waals surface area contributed by atoms with Gasteiger partial charge < -0.3 is 5.32 Å². The maximum atomic E-state index is 13.3. The Hall–Kier alpha value is -2.32. The van der Waals surface area contributed by atoms with E-state index in [1.165, 1.54) is 34.6 Å². The SMILES string of the molecule is C[C@H]1CCCCN1S(=O)(=O)c1cccc(C(=O)Nc2ccc(F)c(F)c2)c1. The molecule has 27 heavy (non-hydrogen) atoms. The average Bonchev–Trinajstić information content (AvgIpc) is 2.65. The van der Waals surface area contributed by atoms with Crippen LogP contribution in [0.1, 0.15) is 36.5 Å². The van der Waals surface area contributed by atoms with Gasteiger partial charge in [0.25, 0.3) is 5.91 Å². The van der Waals surface area contributed by atoms with Crippen molar-refractivity contribution in [3.05, 3.63) is 59.7 Å². The van der Waals surface area contributed by atoms with E-state index < -0.39 is 27.6 Å². The van der Waals surface area contributed by atoms with Gasteiger partial charge in [-0.1, -0.05) is 12.5 Å². The molecule has 1 aliphatic rings. The minimum absolute atomic E-state index is 0.0363. The van der Waals surface area contributed by atoms with E-state index in [0.717, 1.165) is 31.4 Å². The van der Waals surface area contributed by atoms with Crippen molar-refractivity contribution in [2.45, 2.75) is 37.1 Å². The molecular formula is C19H20F2N2O3S. The first kappa shape index (κ1) is 19.4. The Bertz CT molecular complexity index is 963. The molecule has 1 saturated heterocycles. The fourth-order valence-corrected chi connectivity index (χ4v) is 4.89. The van der Waals surface area contributed by atoms with Crippen LogP contribution in [0.3, 0.4) is 0 Å². The van der Waals surface area contributed by atoms with Gasteiger partial charge in [0.2, 0.25) is 10.0 Å². The van der Waals surface area contributed by atoms with Gasteiger partial charge in [-0.3, -0.25) is 4.79 Å². The van der Waals surface area contributed by atoms with E-state index in [1.54, 1.807) is 0 Å². The van der Waals surface area contributed by atoms with E-state index in [9.17, 15) is 22.0 Å². The quantitative estimate of drug-likeness (QED) is 0.858. The van der Waals surface area contributed by atoms with E-state index in [0.29, 0.717) is 6.54 Å². The van der Waals surface area contributed by atoms with Gasteiger partial charge in [-0.2, -0.15) is 4.31 Å². The number of piperidine rings is 1. The van der Waals surface area contributed by atoms with Gasteiger partial charge in [-0.25, -0.2) is 17.2 Å². The van der Waals surface area contributed by atoms with Crippen LogP contribution >= 0.6 is 0 Å². The fraction of sp³-hybridized carbons (Fsp3) is 0.316. The molecule has 0 aliphatic carbocycles. The minimum atomic E-state index is -3.71. The lowest BCUT2D eigenvalue weighted by Gasteiger charge is -2.32. The number of benzene rings is 2. The van der Waals surface area contributed by atoms with E-state index in [1.807, 2.05) is 6.92 Å². The molecule has 1 fully saturated rings. The van der Waals surface area contributed by atoms with Crippen molar-refractivity contribution in [3.8, 4) is 0 Å². The number of nitrogens with one attached hydrogen (secondary N) is 1. The average molecular weight is 394 g/mol. The summed E-state index contributed by atoms with van der Waals surface area (Å²) in [7, 11) is -3.71. The molecule has 0 radical (unpaired) electrons. The third-order valence-corrected chi connectivity index (χ3v) is 6.63. The molecule has 1 atom stereocenters. The van der Waals surface area contributed by atoms with Crippen molar-refractivity contribution in [1.29, 1.82) is 0 Å². The van der Waals surface area contributed by atoms with Crippen LogP contribution in [0.5, 0.6) is 0 Å². The molecule has 0 unspecified atom stereocenters. The molecule has 8 heteroatoms. The molecule has 1 heterocycles. The molecule has 0 spiro atoms. The maximum absolute atomic E-state index is 13.3. The second kappa shape index (κ2) is 7.74. The summed E-state index contributed by atoms with van der Waals surface area (Å²) >= 11 is 0. The van der Waals surface area contributed by atoms with Gasteiger partial charge in [-0.05, 0) is 50.1 Å². The molecule has 0 aromatic heterocycles. The van der Waals surface area contributed by atoms with Crippen molar-refractivity contribution in [1.82, 2.24) is 4.31 Å². The zero-order chi connectivity index (χ0) is 19.6. The number of halogens is 2. The second-order valence-corrected chi connectivity index (χ2v) is 8.46. The molecule has 0 bridgehead atoms. The van der Waals surface area contributed by atoms with Gasteiger partial charge in [0, 0.05) is 29.9 Å². The summed E-state index contributed by atoms with van der Waals surface area (Å²) in [4.78, 5) is 12.4. The summed E-state index contributed by atoms with van der Waals surface area (Å²) in [6.45, 7) is 2.32. The summed E-state index contributed by atoms with van der Waals surface area (Å²) in [6.07, 6.45) is 2.60. The number of carbonyl (C=O) groups is 1. The van der Waals surface area contributed by atoms with Gasteiger partial charge >= 0.3 is 0 Å². The lowest BCUT2D eigenvalue weighted by Crippen LogP contribution is -2.41. The summed E-state index contributed by atoms with van der Waals surface area (Å²) in [5.74, 6) is -2.70. The highest BCUT2D eigenvalue weighted by Crippen LogP contribution is 2.25. The van der Waals surface area contributed by atoms with Crippen LogP contribution in [0.25, 0.3) is 0 Å². The molecule has 1 N–H and O–H groups in total. The highest BCUT2D eigenvalue weighted by atomic mass is 32.2. The Morgan fingerprint density at radius 1 is 1.11 bits per heavy atom. The fourth-order valence-electron chi connectivity index (χ4n) is 3.14. The Morgan fingerprint density at radius 2 is 1.89 bits per heavy atom. The number of carbonyl (C=O) groups excluding carboxylic acids is 1. The van der Waals surface area contributed by atoms with Gasteiger partial charge in [-0.15, -0.1) is 0 Å². The van der Waals surface area contributed by atoms with Crippen molar-refractivity contribution in [2.75, 3.05) is 11.9 Å². The number of sulfonamides is 1. The highest BCUT2D eigenvalue weighted by Gasteiger charge is 2.31. The van der Waals surface area contributed by atoms with Gasteiger partial charge in [0.1, 0.15) is 0 Å². The summed E-state index contributed by atoms with van der Waals surface area (Å²) in [5, 5.41) is 2.44. The van der Waals surface area contributed by atoms with E-state index in [-0.39, 0.29) is 22.2 Å². The largest absolute Gasteiger partial charge is 0.322 e. The first-order valence-electron chi connectivity index (χ1n) is 8.67. The maximum Gasteiger partial charge on any atom is 0.255 e. The second-order valence-electron chi connectivity index (χ2n) is 6.57. The standard InChI is InChI=1S/C19H20F2N2O3S/c1-13-5-2-3-10-23(13)27(25,26)16-7-4-6-14(11-16)19(24)22-15-8-9-17(20)18(21)12-15/h4,6-9,11-13H,2-3,5,10H2,1H3,(H,22,24)/t13-/m0/s1. The molecule has 3 rings (SSSR count). The summed E-state index contributed by atoms with van der Waals surface area (Å²) < 4.78 is 53.6. The van der Waals surface area contributed by atoms with Crippen LogP contribution in [-0.2, 0) is 10.0 Å². The first-order valence-corrected chi connectivity index (χ1v) is 10.1. The number of anilines is 1. The van der Waals surface area contributed by atoms with Crippen molar-refractivity contribution in [3.63, 3.8) is 0 Å². The molecular weight excluding hydrogens is 374 g/mol. The number of amides is 1. The van der Waals surface area contributed by atoms with Crippen molar-refractivity contribution >= 4 is 21.6 Å². The van der Waals surface area contributed by atoms with Crippen LogP contribution in [0.4, 0.5) is 14.5 Å². The van der Waals surface area contributed by atoms with Crippen LogP contribution in [0, 0.1) is 11.6 Å². The lowest BCUT2D eigenvalue weighted by atomic mass is 10.1. The zero-order valence-electron chi connectivity index (χ0n) is 14.8. The normalized spacial score (nSPS) is 18.3. The monoisotopic (exact) mass is 394 g/mol.